The van der Waals surface area contributed by atoms with Crippen molar-refractivity contribution in [1.82, 2.24) is 5.32 Å². The summed E-state index contributed by atoms with van der Waals surface area (Å²) in [5.74, 6) is 0.883. The molecule has 0 amide bonds. The molecule has 1 aromatic carbocycles. The van der Waals surface area contributed by atoms with Crippen LogP contribution in [-0.2, 0) is 11.2 Å². The molecule has 3 rings (SSSR count). The van der Waals surface area contributed by atoms with Gasteiger partial charge in [0.05, 0.1) is 12.3 Å². The number of fused-ring (bicyclic) bond motifs is 1. The van der Waals surface area contributed by atoms with Gasteiger partial charge in [0, 0.05) is 24.7 Å². The lowest BCUT2D eigenvalue weighted by atomic mass is 10.0. The van der Waals surface area contributed by atoms with Gasteiger partial charge in [-0.15, -0.1) is 0 Å². The molecule has 2 aliphatic heterocycles. The third-order valence-electron chi connectivity index (χ3n) is 3.55. The summed E-state index contributed by atoms with van der Waals surface area (Å²) >= 11 is 6.23. The van der Waals surface area contributed by atoms with Crippen LogP contribution in [-0.4, -0.2) is 39.0 Å². The van der Waals surface area contributed by atoms with Crippen LogP contribution >= 0.6 is 11.6 Å². The second-order valence-corrected chi connectivity index (χ2v) is 5.34. The zero-order chi connectivity index (χ0) is 13.1. The van der Waals surface area contributed by atoms with Gasteiger partial charge in [-0.05, 0) is 30.5 Å². The van der Waals surface area contributed by atoms with E-state index in [1.54, 1.807) is 0 Å². The predicted octanol–water partition coefficient (Wildman–Crippen LogP) is 2.07. The first-order valence-corrected chi connectivity index (χ1v) is 7.23. The van der Waals surface area contributed by atoms with Crippen molar-refractivity contribution in [1.29, 1.82) is 0 Å². The Balaban J connectivity index is 1.70. The van der Waals surface area contributed by atoms with Crippen molar-refractivity contribution in [3.63, 3.8) is 0 Å². The molecule has 0 radical (unpaired) electrons. The lowest BCUT2D eigenvalue weighted by Gasteiger charge is -2.26. The van der Waals surface area contributed by atoms with Crippen LogP contribution in [0.2, 0.25) is 5.02 Å². The third-order valence-corrected chi connectivity index (χ3v) is 3.91. The first-order valence-electron chi connectivity index (χ1n) is 6.85. The topological polar surface area (TPSA) is 42.5 Å². The molecule has 1 saturated heterocycles. The molecule has 0 spiro atoms. The maximum Gasteiger partial charge on any atom is 0.142 e. The number of halogens is 1. The number of ether oxygens (including phenoxy) is 2. The van der Waals surface area contributed by atoms with E-state index in [1.807, 2.05) is 12.1 Å². The van der Waals surface area contributed by atoms with E-state index < -0.39 is 0 Å². The van der Waals surface area contributed by atoms with Crippen LogP contribution in [0.5, 0.6) is 5.75 Å². The van der Waals surface area contributed by atoms with E-state index in [0.29, 0.717) is 6.61 Å². The Morgan fingerprint density at radius 1 is 1.37 bits per heavy atom. The predicted molar refractivity (Wildman–Crippen MR) is 76.4 cm³/mol. The summed E-state index contributed by atoms with van der Waals surface area (Å²) in [7, 11) is 0. The minimum atomic E-state index is 0.128. The number of hydrogen-bond acceptors (Lipinski definition) is 4. The maximum atomic E-state index is 6.23. The molecule has 0 aliphatic carbocycles. The van der Waals surface area contributed by atoms with E-state index in [4.69, 9.17) is 21.1 Å². The minimum absolute atomic E-state index is 0.128. The van der Waals surface area contributed by atoms with Gasteiger partial charge < -0.3 is 20.1 Å². The molecule has 1 unspecified atom stereocenters. The summed E-state index contributed by atoms with van der Waals surface area (Å²) in [5, 5.41) is 7.52. The summed E-state index contributed by atoms with van der Waals surface area (Å²) < 4.78 is 11.5. The van der Waals surface area contributed by atoms with Crippen LogP contribution in [0.25, 0.3) is 0 Å². The van der Waals surface area contributed by atoms with Crippen molar-refractivity contribution < 1.29 is 9.47 Å². The number of rotatable bonds is 3. The van der Waals surface area contributed by atoms with Crippen molar-refractivity contribution in [2.24, 2.45) is 0 Å². The van der Waals surface area contributed by atoms with Crippen molar-refractivity contribution >= 4 is 17.3 Å². The van der Waals surface area contributed by atoms with Crippen LogP contribution in [0.15, 0.2) is 12.1 Å². The quantitative estimate of drug-likeness (QED) is 0.891. The van der Waals surface area contributed by atoms with Crippen LogP contribution in [0, 0.1) is 0 Å². The van der Waals surface area contributed by atoms with Crippen LogP contribution in [0.1, 0.15) is 12.0 Å². The fourth-order valence-electron chi connectivity index (χ4n) is 2.55. The standard InChI is InChI=1S/C14H19ClN2O2/c15-12-3-4-13(14-11(12)2-1-5-17-14)19-9-10-8-16-6-7-18-10/h3-4,10,16-17H,1-2,5-9H2. The number of morpholine rings is 1. The number of anilines is 1. The van der Waals surface area contributed by atoms with Crippen molar-refractivity contribution in [3.05, 3.63) is 22.7 Å². The maximum absolute atomic E-state index is 6.23. The van der Waals surface area contributed by atoms with Gasteiger partial charge in [0.2, 0.25) is 0 Å². The Labute approximate surface area is 118 Å². The highest BCUT2D eigenvalue weighted by Crippen LogP contribution is 2.37. The molecule has 0 bridgehead atoms. The van der Waals surface area contributed by atoms with Crippen LogP contribution < -0.4 is 15.4 Å². The fourth-order valence-corrected chi connectivity index (χ4v) is 2.80. The van der Waals surface area contributed by atoms with E-state index in [2.05, 4.69) is 10.6 Å². The number of hydrogen-bond donors (Lipinski definition) is 2. The van der Waals surface area contributed by atoms with E-state index in [-0.39, 0.29) is 6.10 Å². The van der Waals surface area contributed by atoms with Crippen molar-refractivity contribution in [3.8, 4) is 5.75 Å². The van der Waals surface area contributed by atoms with E-state index in [0.717, 1.165) is 55.5 Å². The molecule has 1 atom stereocenters. The summed E-state index contributed by atoms with van der Waals surface area (Å²) in [4.78, 5) is 0. The number of benzene rings is 1. The SMILES string of the molecule is Clc1ccc(OCC2CNCCO2)c2c1CCCN2. The Kier molecular flexibility index (Phi) is 4.11. The van der Waals surface area contributed by atoms with Crippen molar-refractivity contribution in [2.75, 3.05) is 38.2 Å². The highest BCUT2D eigenvalue weighted by atomic mass is 35.5. The van der Waals surface area contributed by atoms with E-state index >= 15 is 0 Å². The normalized spacial score (nSPS) is 22.5. The van der Waals surface area contributed by atoms with Gasteiger partial charge >= 0.3 is 0 Å². The van der Waals surface area contributed by atoms with E-state index in [9.17, 15) is 0 Å². The zero-order valence-electron chi connectivity index (χ0n) is 10.9. The Hall–Kier alpha value is -0.970. The average molecular weight is 283 g/mol. The molecular weight excluding hydrogens is 264 g/mol. The van der Waals surface area contributed by atoms with E-state index in [1.165, 1.54) is 5.56 Å². The molecule has 4 nitrogen and oxygen atoms in total. The highest BCUT2D eigenvalue weighted by Gasteiger charge is 2.19. The van der Waals surface area contributed by atoms with Gasteiger partial charge in [-0.2, -0.15) is 0 Å². The molecule has 19 heavy (non-hydrogen) atoms. The second kappa shape index (κ2) is 5.99. The molecular formula is C14H19ClN2O2. The molecule has 1 fully saturated rings. The molecule has 5 heteroatoms. The van der Waals surface area contributed by atoms with Crippen molar-refractivity contribution in [2.45, 2.75) is 18.9 Å². The molecule has 0 saturated carbocycles. The zero-order valence-corrected chi connectivity index (χ0v) is 11.6. The molecule has 1 aromatic rings. The van der Waals surface area contributed by atoms with Gasteiger partial charge in [0.15, 0.2) is 0 Å². The molecule has 0 aromatic heterocycles. The smallest absolute Gasteiger partial charge is 0.142 e. The Morgan fingerprint density at radius 2 is 2.32 bits per heavy atom. The van der Waals surface area contributed by atoms with Gasteiger partial charge in [-0.1, -0.05) is 11.6 Å². The Bertz CT molecular complexity index is 447. The lowest BCUT2D eigenvalue weighted by molar-refractivity contribution is 0.000322. The Morgan fingerprint density at radius 3 is 3.16 bits per heavy atom. The fraction of sp³-hybridized carbons (Fsp3) is 0.571. The van der Waals surface area contributed by atoms with Crippen LogP contribution in [0.3, 0.4) is 0 Å². The summed E-state index contributed by atoms with van der Waals surface area (Å²) in [6.45, 7) is 4.08. The first kappa shape index (κ1) is 13.0. The van der Waals surface area contributed by atoms with Crippen LogP contribution in [0.4, 0.5) is 5.69 Å². The summed E-state index contributed by atoms with van der Waals surface area (Å²) in [6.07, 6.45) is 2.26. The lowest BCUT2D eigenvalue weighted by Crippen LogP contribution is -2.41. The average Bonchev–Trinajstić information content (AvgIpc) is 2.48. The number of nitrogens with one attached hydrogen (secondary N) is 2. The van der Waals surface area contributed by atoms with Gasteiger partial charge in [0.1, 0.15) is 18.5 Å². The largest absolute Gasteiger partial charge is 0.489 e. The molecule has 2 aliphatic rings. The molecule has 2 heterocycles. The second-order valence-electron chi connectivity index (χ2n) is 4.94. The minimum Gasteiger partial charge on any atom is -0.489 e. The first-order chi connectivity index (χ1) is 9.34. The molecule has 104 valence electrons. The van der Waals surface area contributed by atoms with Gasteiger partial charge in [-0.25, -0.2) is 0 Å². The highest BCUT2D eigenvalue weighted by molar-refractivity contribution is 6.31. The third kappa shape index (κ3) is 2.96. The van der Waals surface area contributed by atoms with Gasteiger partial charge in [0.25, 0.3) is 0 Å². The molecule has 2 N–H and O–H groups in total. The van der Waals surface area contributed by atoms with Gasteiger partial charge in [-0.3, -0.25) is 0 Å². The summed E-state index contributed by atoms with van der Waals surface area (Å²) in [6, 6.07) is 3.86. The summed E-state index contributed by atoms with van der Waals surface area (Å²) in [5.41, 5.74) is 2.23. The monoisotopic (exact) mass is 282 g/mol.